The highest BCUT2D eigenvalue weighted by molar-refractivity contribution is 6.37. The topological polar surface area (TPSA) is 82.4 Å². The number of aromatic nitrogens is 1. The lowest BCUT2D eigenvalue weighted by atomic mass is 9.73. The summed E-state index contributed by atoms with van der Waals surface area (Å²) in [6.45, 7) is 5.18. The van der Waals surface area contributed by atoms with E-state index in [0.29, 0.717) is 66.9 Å². The van der Waals surface area contributed by atoms with E-state index in [-0.39, 0.29) is 12.4 Å². The highest BCUT2D eigenvalue weighted by Gasteiger charge is 2.39. The minimum atomic E-state index is -0.351. The van der Waals surface area contributed by atoms with Gasteiger partial charge >= 0.3 is 0 Å². The van der Waals surface area contributed by atoms with Crippen LogP contribution in [0, 0.1) is 34.4 Å². The highest BCUT2D eigenvalue weighted by atomic mass is 35.5. The summed E-state index contributed by atoms with van der Waals surface area (Å²) in [7, 11) is 1.59. The lowest BCUT2D eigenvalue weighted by Crippen LogP contribution is -2.58. The fourth-order valence-electron chi connectivity index (χ4n) is 5.63. The Bertz CT molecular complexity index is 1820. The Morgan fingerprint density at radius 1 is 1.07 bits per heavy atom. The molecule has 0 aliphatic carbocycles. The van der Waals surface area contributed by atoms with Gasteiger partial charge in [0.05, 0.1) is 51.7 Å². The normalized spacial score (nSPS) is 15.6. The molecule has 2 N–H and O–H groups in total. The molecule has 0 saturated carbocycles. The van der Waals surface area contributed by atoms with E-state index in [2.05, 4.69) is 38.4 Å². The second-order valence-electron chi connectivity index (χ2n) is 11.2. The number of piperidine rings is 1. The van der Waals surface area contributed by atoms with Crippen LogP contribution >= 0.6 is 23.2 Å². The Morgan fingerprint density at radius 3 is 2.59 bits per heavy atom. The number of nitrogens with one attached hydrogen (secondary N) is 2. The number of ether oxygens (including phenoxy) is 2. The minimum Gasteiger partial charge on any atom is -0.495 e. The van der Waals surface area contributed by atoms with Gasteiger partial charge in [-0.3, -0.25) is 9.88 Å². The van der Waals surface area contributed by atoms with Gasteiger partial charge in [0.15, 0.2) is 0 Å². The van der Waals surface area contributed by atoms with Gasteiger partial charge in [-0.2, -0.15) is 5.26 Å². The molecule has 44 heavy (non-hydrogen) atoms. The molecular weight excluding hydrogens is 600 g/mol. The first-order valence-corrected chi connectivity index (χ1v) is 15.1. The fraction of sp³-hybridized carbons (Fsp3) is 0.294. The van der Waals surface area contributed by atoms with Crippen molar-refractivity contribution in [2.75, 3.05) is 45.2 Å². The zero-order valence-corrected chi connectivity index (χ0v) is 25.7. The molecule has 4 aromatic rings. The molecule has 1 spiro atoms. The third-order valence-electron chi connectivity index (χ3n) is 8.32. The molecule has 0 radical (unpaired) electrons. The number of nitriles is 1. The lowest BCUT2D eigenvalue weighted by Gasteiger charge is -2.48. The van der Waals surface area contributed by atoms with Gasteiger partial charge in [0.2, 0.25) is 0 Å². The Morgan fingerprint density at radius 2 is 1.89 bits per heavy atom. The van der Waals surface area contributed by atoms with Crippen LogP contribution in [0.25, 0.3) is 10.9 Å². The molecule has 0 unspecified atom stereocenters. The zero-order valence-electron chi connectivity index (χ0n) is 24.1. The molecule has 0 atom stereocenters. The molecule has 3 aromatic carbocycles. The molecular formula is C34H30Cl2FN5O2. The summed E-state index contributed by atoms with van der Waals surface area (Å²) in [4.78, 5) is 6.93. The Labute approximate surface area is 265 Å². The number of hydrogen-bond acceptors (Lipinski definition) is 7. The number of pyridine rings is 1. The summed E-state index contributed by atoms with van der Waals surface area (Å²) in [5.74, 6) is 7.16. The van der Waals surface area contributed by atoms with E-state index in [1.807, 2.05) is 12.1 Å². The number of nitrogens with zero attached hydrogens (tertiary/aromatic N) is 3. The van der Waals surface area contributed by atoms with Crippen molar-refractivity contribution >= 4 is 45.5 Å². The number of fused-ring (bicyclic) bond motifs is 1. The van der Waals surface area contributed by atoms with Crippen LogP contribution < -0.4 is 20.1 Å². The maximum atomic E-state index is 13.6. The molecule has 2 saturated heterocycles. The number of benzene rings is 3. The molecule has 2 aliphatic rings. The summed E-state index contributed by atoms with van der Waals surface area (Å²) in [5, 5.41) is 17.9. The number of halogens is 3. The number of anilines is 2. The van der Waals surface area contributed by atoms with Gasteiger partial charge < -0.3 is 20.1 Å². The van der Waals surface area contributed by atoms with Crippen LogP contribution in [0.3, 0.4) is 0 Å². The largest absolute Gasteiger partial charge is 0.495 e. The van der Waals surface area contributed by atoms with Crippen LogP contribution in [-0.2, 0) is 6.61 Å². The van der Waals surface area contributed by atoms with Crippen LogP contribution in [0.4, 0.5) is 15.8 Å². The second-order valence-corrected chi connectivity index (χ2v) is 12.0. The number of rotatable bonds is 7. The first-order chi connectivity index (χ1) is 21.4. The molecule has 3 heterocycles. The molecule has 2 fully saturated rings. The van der Waals surface area contributed by atoms with E-state index in [0.717, 1.165) is 31.7 Å². The van der Waals surface area contributed by atoms with E-state index in [9.17, 15) is 9.65 Å². The average Bonchev–Trinajstić information content (AvgIpc) is 3.01. The maximum Gasteiger partial charge on any atom is 0.140 e. The Hall–Kier alpha value is -4.05. The number of hydrogen-bond donors (Lipinski definition) is 2. The van der Waals surface area contributed by atoms with E-state index in [1.54, 1.807) is 31.4 Å². The minimum absolute atomic E-state index is 0.108. The van der Waals surface area contributed by atoms with Gasteiger partial charge in [-0.05, 0) is 67.2 Å². The SMILES string of the molecule is COc1cc2c(Nc3cc(OCc4cccc(F)c4)c(Cl)cc3Cl)c(C#N)cnc2cc1C#CCN1CCC2(CC1)CNC2. The van der Waals surface area contributed by atoms with E-state index < -0.39 is 0 Å². The van der Waals surface area contributed by atoms with Gasteiger partial charge in [0.25, 0.3) is 0 Å². The van der Waals surface area contributed by atoms with Crippen molar-refractivity contribution in [3.05, 3.63) is 87.3 Å². The van der Waals surface area contributed by atoms with Gasteiger partial charge in [-0.25, -0.2) is 4.39 Å². The zero-order chi connectivity index (χ0) is 30.7. The van der Waals surface area contributed by atoms with Crippen molar-refractivity contribution in [1.82, 2.24) is 15.2 Å². The van der Waals surface area contributed by atoms with Crippen LogP contribution in [0.15, 0.2) is 54.7 Å². The molecule has 2 aliphatic heterocycles. The summed E-state index contributed by atoms with van der Waals surface area (Å²) in [6.07, 6.45) is 3.93. The van der Waals surface area contributed by atoms with E-state index in [1.165, 1.54) is 31.2 Å². The van der Waals surface area contributed by atoms with Crippen molar-refractivity contribution in [2.45, 2.75) is 19.4 Å². The van der Waals surface area contributed by atoms with Gasteiger partial charge in [-0.15, -0.1) is 0 Å². The van der Waals surface area contributed by atoms with Crippen LogP contribution in [0.2, 0.25) is 10.0 Å². The summed E-state index contributed by atoms with van der Waals surface area (Å²) >= 11 is 13.0. The molecule has 10 heteroatoms. The standard InChI is InChI=1S/C34H30Cl2FN5O2/c1-43-31-14-26-29(13-23(31)5-3-9-42-10-7-34(8-11-42)20-39-21-34)40-18-24(17-38)33(26)41-30-16-32(28(36)15-27(30)35)44-19-22-4-2-6-25(37)12-22/h2,4,6,12-16,18,39H,7-11,19-21H2,1H3,(H,40,41). The van der Waals surface area contributed by atoms with Gasteiger partial charge in [-0.1, -0.05) is 47.2 Å². The van der Waals surface area contributed by atoms with Gasteiger partial charge in [0.1, 0.15) is 30.0 Å². The third-order valence-corrected chi connectivity index (χ3v) is 8.92. The van der Waals surface area contributed by atoms with Crippen molar-refractivity contribution in [3.8, 4) is 29.4 Å². The molecule has 7 nitrogen and oxygen atoms in total. The van der Waals surface area contributed by atoms with Crippen LogP contribution in [-0.4, -0.2) is 49.7 Å². The fourth-order valence-corrected chi connectivity index (χ4v) is 6.11. The number of likely N-dealkylation sites (tertiary alicyclic amines) is 1. The lowest BCUT2D eigenvalue weighted by molar-refractivity contribution is 0.0616. The first kappa shape index (κ1) is 30.0. The monoisotopic (exact) mass is 629 g/mol. The van der Waals surface area contributed by atoms with Crippen LogP contribution in [0.5, 0.6) is 11.5 Å². The maximum absolute atomic E-state index is 13.6. The summed E-state index contributed by atoms with van der Waals surface area (Å²) in [5.41, 5.74) is 3.80. The van der Waals surface area contributed by atoms with E-state index >= 15 is 0 Å². The van der Waals surface area contributed by atoms with Crippen molar-refractivity contribution < 1.29 is 13.9 Å². The van der Waals surface area contributed by atoms with Crippen molar-refractivity contribution in [3.63, 3.8) is 0 Å². The predicted molar refractivity (Wildman–Crippen MR) is 171 cm³/mol. The molecule has 224 valence electrons. The molecule has 0 amide bonds. The van der Waals surface area contributed by atoms with Crippen molar-refractivity contribution in [2.24, 2.45) is 5.41 Å². The quantitative estimate of drug-likeness (QED) is 0.215. The second kappa shape index (κ2) is 12.9. The number of methoxy groups -OCH3 is 1. The van der Waals surface area contributed by atoms with Gasteiger partial charge in [0, 0.05) is 30.7 Å². The summed E-state index contributed by atoms with van der Waals surface area (Å²) in [6, 6.07) is 15.3. The smallest absolute Gasteiger partial charge is 0.140 e. The Balaban J connectivity index is 1.25. The van der Waals surface area contributed by atoms with Crippen LogP contribution in [0.1, 0.15) is 29.5 Å². The Kier molecular flexibility index (Phi) is 8.79. The first-order valence-electron chi connectivity index (χ1n) is 14.3. The molecule has 1 aromatic heterocycles. The summed E-state index contributed by atoms with van der Waals surface area (Å²) < 4.78 is 25.2. The third kappa shape index (κ3) is 6.40. The predicted octanol–water partition coefficient (Wildman–Crippen LogP) is 6.92. The molecule has 0 bridgehead atoms. The van der Waals surface area contributed by atoms with E-state index in [4.69, 9.17) is 32.7 Å². The average molecular weight is 631 g/mol. The molecule has 6 rings (SSSR count). The highest BCUT2D eigenvalue weighted by Crippen LogP contribution is 2.39. The van der Waals surface area contributed by atoms with Crippen molar-refractivity contribution in [1.29, 1.82) is 5.26 Å².